The van der Waals surface area contributed by atoms with Crippen molar-refractivity contribution < 1.29 is 13.9 Å². The van der Waals surface area contributed by atoms with E-state index in [4.69, 9.17) is 21.1 Å². The third-order valence-corrected chi connectivity index (χ3v) is 4.27. The van der Waals surface area contributed by atoms with Crippen molar-refractivity contribution in [1.82, 2.24) is 0 Å². The van der Waals surface area contributed by atoms with E-state index in [1.165, 1.54) is 6.07 Å². The van der Waals surface area contributed by atoms with Crippen molar-refractivity contribution in [2.75, 3.05) is 14.2 Å². The molecule has 0 aliphatic heterocycles. The van der Waals surface area contributed by atoms with Crippen LogP contribution in [0.5, 0.6) is 11.5 Å². The van der Waals surface area contributed by atoms with Crippen molar-refractivity contribution in [2.45, 2.75) is 4.83 Å². The molecule has 0 heterocycles. The van der Waals surface area contributed by atoms with Crippen LogP contribution in [0, 0.1) is 5.82 Å². The Morgan fingerprint density at radius 2 is 1.80 bits per heavy atom. The third kappa shape index (κ3) is 2.91. The Bertz CT molecular complexity index is 599. The van der Waals surface area contributed by atoms with Crippen LogP contribution in [0.3, 0.4) is 0 Å². The number of alkyl halides is 1. The molecule has 0 amide bonds. The summed E-state index contributed by atoms with van der Waals surface area (Å²) < 4.78 is 24.4. The first-order chi connectivity index (χ1) is 9.58. The fourth-order valence-electron chi connectivity index (χ4n) is 1.93. The van der Waals surface area contributed by atoms with Crippen LogP contribution in [-0.2, 0) is 0 Å². The molecule has 0 N–H and O–H groups in total. The summed E-state index contributed by atoms with van der Waals surface area (Å²) in [7, 11) is 3.12. The van der Waals surface area contributed by atoms with Crippen molar-refractivity contribution in [3.63, 3.8) is 0 Å². The summed E-state index contributed by atoms with van der Waals surface area (Å²) in [6.07, 6.45) is 0. The number of halogens is 3. The fraction of sp³-hybridized carbons (Fsp3) is 0.200. The Hall–Kier alpha value is -1.26. The summed E-state index contributed by atoms with van der Waals surface area (Å²) in [6.45, 7) is 0. The molecule has 0 aliphatic carbocycles. The zero-order valence-electron chi connectivity index (χ0n) is 11.0. The number of hydrogen-bond donors (Lipinski definition) is 0. The number of methoxy groups -OCH3 is 2. The molecule has 0 aromatic heterocycles. The van der Waals surface area contributed by atoms with Crippen LogP contribution in [0.1, 0.15) is 16.0 Å². The van der Waals surface area contributed by atoms with Crippen molar-refractivity contribution in [1.29, 1.82) is 0 Å². The average Bonchev–Trinajstić information content (AvgIpc) is 2.46. The van der Waals surface area contributed by atoms with Gasteiger partial charge in [-0.2, -0.15) is 0 Å². The summed E-state index contributed by atoms with van der Waals surface area (Å²) >= 11 is 9.57. The highest BCUT2D eigenvalue weighted by Crippen LogP contribution is 2.39. The highest BCUT2D eigenvalue weighted by Gasteiger charge is 2.19. The van der Waals surface area contributed by atoms with Gasteiger partial charge in [-0.1, -0.05) is 39.7 Å². The van der Waals surface area contributed by atoms with E-state index < -0.39 is 0 Å². The lowest BCUT2D eigenvalue weighted by Crippen LogP contribution is -1.99. The standard InChI is InChI=1S/C15H13BrClFO2/c1-19-12-7-6-9(8-13(12)20-2)15(16)14-10(17)4-3-5-11(14)18/h3-8,15H,1-2H3. The molecule has 2 nitrogen and oxygen atoms in total. The first-order valence-corrected chi connectivity index (χ1v) is 7.17. The minimum absolute atomic E-state index is 0.353. The zero-order chi connectivity index (χ0) is 14.7. The molecule has 0 radical (unpaired) electrons. The number of ether oxygens (including phenoxy) is 2. The molecule has 2 aromatic carbocycles. The largest absolute Gasteiger partial charge is 0.493 e. The zero-order valence-corrected chi connectivity index (χ0v) is 13.3. The molecule has 2 aromatic rings. The van der Waals surface area contributed by atoms with Gasteiger partial charge in [0.25, 0.3) is 0 Å². The number of benzene rings is 2. The maximum atomic E-state index is 13.9. The van der Waals surface area contributed by atoms with Gasteiger partial charge in [0.2, 0.25) is 0 Å². The Labute approximate surface area is 130 Å². The number of hydrogen-bond acceptors (Lipinski definition) is 2. The number of rotatable bonds is 4. The molecule has 1 unspecified atom stereocenters. The van der Waals surface area contributed by atoms with Crippen LogP contribution < -0.4 is 9.47 Å². The lowest BCUT2D eigenvalue weighted by molar-refractivity contribution is 0.354. The van der Waals surface area contributed by atoms with Gasteiger partial charge in [-0.25, -0.2) is 4.39 Å². The second kappa shape index (κ2) is 6.46. The molecular weight excluding hydrogens is 347 g/mol. The van der Waals surface area contributed by atoms with E-state index in [-0.39, 0.29) is 10.6 Å². The van der Waals surface area contributed by atoms with E-state index in [9.17, 15) is 4.39 Å². The van der Waals surface area contributed by atoms with Gasteiger partial charge in [0.1, 0.15) is 5.82 Å². The molecule has 5 heteroatoms. The van der Waals surface area contributed by atoms with Crippen LogP contribution in [-0.4, -0.2) is 14.2 Å². The van der Waals surface area contributed by atoms with Gasteiger partial charge in [-0.3, -0.25) is 0 Å². The predicted molar refractivity (Wildman–Crippen MR) is 81.7 cm³/mol. The normalized spacial score (nSPS) is 12.1. The Morgan fingerprint density at radius 3 is 2.40 bits per heavy atom. The molecule has 20 heavy (non-hydrogen) atoms. The molecule has 0 aliphatic rings. The SMILES string of the molecule is COc1ccc(C(Br)c2c(F)cccc2Cl)cc1OC. The maximum absolute atomic E-state index is 13.9. The van der Waals surface area contributed by atoms with Crippen molar-refractivity contribution in [3.8, 4) is 11.5 Å². The van der Waals surface area contributed by atoms with Crippen LogP contribution >= 0.6 is 27.5 Å². The smallest absolute Gasteiger partial charge is 0.161 e. The molecule has 2 rings (SSSR count). The van der Waals surface area contributed by atoms with Gasteiger partial charge in [0.05, 0.1) is 19.0 Å². The molecule has 0 fully saturated rings. The molecule has 0 spiro atoms. The first-order valence-electron chi connectivity index (χ1n) is 5.88. The van der Waals surface area contributed by atoms with E-state index >= 15 is 0 Å². The lowest BCUT2D eigenvalue weighted by Gasteiger charge is -2.15. The molecule has 0 saturated heterocycles. The summed E-state index contributed by atoms with van der Waals surface area (Å²) in [5.41, 5.74) is 1.23. The average molecular weight is 360 g/mol. The molecule has 0 saturated carbocycles. The van der Waals surface area contributed by atoms with Gasteiger partial charge in [-0.15, -0.1) is 0 Å². The summed E-state index contributed by atoms with van der Waals surface area (Å²) in [4.78, 5) is -0.365. The van der Waals surface area contributed by atoms with Crippen molar-refractivity contribution in [2.24, 2.45) is 0 Å². The molecule has 1 atom stereocenters. The van der Waals surface area contributed by atoms with Crippen molar-refractivity contribution >= 4 is 27.5 Å². The minimum Gasteiger partial charge on any atom is -0.493 e. The van der Waals surface area contributed by atoms with E-state index in [0.29, 0.717) is 22.1 Å². The van der Waals surface area contributed by atoms with Gasteiger partial charge in [0.15, 0.2) is 11.5 Å². The third-order valence-electron chi connectivity index (χ3n) is 2.95. The Morgan fingerprint density at radius 1 is 1.10 bits per heavy atom. The van der Waals surface area contributed by atoms with Gasteiger partial charge >= 0.3 is 0 Å². The van der Waals surface area contributed by atoms with E-state index in [1.807, 2.05) is 6.07 Å². The fourth-order valence-corrected chi connectivity index (χ4v) is 3.08. The maximum Gasteiger partial charge on any atom is 0.161 e. The van der Waals surface area contributed by atoms with Gasteiger partial charge in [0, 0.05) is 10.6 Å². The summed E-state index contributed by atoms with van der Waals surface area (Å²) in [5, 5.41) is 0.377. The lowest BCUT2D eigenvalue weighted by atomic mass is 10.0. The second-order valence-corrected chi connectivity index (χ2v) is 5.44. The first kappa shape index (κ1) is 15.1. The monoisotopic (exact) mass is 358 g/mol. The van der Waals surface area contributed by atoms with Gasteiger partial charge in [-0.05, 0) is 29.8 Å². The second-order valence-electron chi connectivity index (χ2n) is 4.11. The Kier molecular flexibility index (Phi) is 4.89. The highest BCUT2D eigenvalue weighted by molar-refractivity contribution is 9.09. The van der Waals surface area contributed by atoms with Crippen LogP contribution in [0.4, 0.5) is 4.39 Å². The highest BCUT2D eigenvalue weighted by atomic mass is 79.9. The van der Waals surface area contributed by atoms with E-state index in [0.717, 1.165) is 5.56 Å². The molecular formula is C15H13BrClFO2. The topological polar surface area (TPSA) is 18.5 Å². The van der Waals surface area contributed by atoms with Crippen molar-refractivity contribution in [3.05, 3.63) is 58.4 Å². The van der Waals surface area contributed by atoms with Crippen LogP contribution in [0.15, 0.2) is 36.4 Å². The predicted octanol–water partition coefficient (Wildman–Crippen LogP) is 4.98. The van der Waals surface area contributed by atoms with E-state index in [2.05, 4.69) is 15.9 Å². The summed E-state index contributed by atoms with van der Waals surface area (Å²) in [5.74, 6) is 0.853. The van der Waals surface area contributed by atoms with E-state index in [1.54, 1.807) is 38.5 Å². The van der Waals surface area contributed by atoms with Crippen LogP contribution in [0.25, 0.3) is 0 Å². The Balaban J connectivity index is 2.46. The summed E-state index contributed by atoms with van der Waals surface area (Å²) in [6, 6.07) is 10.0. The molecule has 106 valence electrons. The molecule has 0 bridgehead atoms. The minimum atomic E-state index is -0.365. The van der Waals surface area contributed by atoms with Gasteiger partial charge < -0.3 is 9.47 Å². The quantitative estimate of drug-likeness (QED) is 0.717. The van der Waals surface area contributed by atoms with Crippen LogP contribution in [0.2, 0.25) is 5.02 Å².